The van der Waals surface area contributed by atoms with Crippen LogP contribution in [0, 0.1) is 0 Å². The zero-order valence-corrected chi connectivity index (χ0v) is 16.5. The molecule has 2 rings (SSSR count). The predicted octanol–water partition coefficient (Wildman–Crippen LogP) is 2.08. The van der Waals surface area contributed by atoms with Gasteiger partial charge < -0.3 is 15.4 Å². The molecule has 6 heteroatoms. The van der Waals surface area contributed by atoms with E-state index < -0.39 is 0 Å². The van der Waals surface area contributed by atoms with E-state index >= 15 is 0 Å². The molecule has 1 aromatic carbocycles. The van der Waals surface area contributed by atoms with Gasteiger partial charge in [0.1, 0.15) is 0 Å². The summed E-state index contributed by atoms with van der Waals surface area (Å²) in [5, 5.41) is 6.81. The van der Waals surface area contributed by atoms with Gasteiger partial charge in [0.25, 0.3) is 0 Å². The largest absolute Gasteiger partial charge is 0.383 e. The molecule has 0 aliphatic carbocycles. The molecule has 0 saturated carbocycles. The first-order valence-electron chi connectivity index (χ1n) is 8.05. The third kappa shape index (κ3) is 7.05. The third-order valence-electron chi connectivity index (χ3n) is 4.11. The molecule has 0 bridgehead atoms. The van der Waals surface area contributed by atoms with Crippen molar-refractivity contribution >= 4 is 29.9 Å². The number of guanidine groups is 1. The summed E-state index contributed by atoms with van der Waals surface area (Å²) < 4.78 is 5.19. The lowest BCUT2D eigenvalue weighted by Crippen LogP contribution is -2.45. The van der Waals surface area contributed by atoms with Crippen LogP contribution in [0.25, 0.3) is 0 Å². The second kappa shape index (κ2) is 11.6. The van der Waals surface area contributed by atoms with E-state index in [9.17, 15) is 0 Å². The Hall–Kier alpha value is -0.860. The van der Waals surface area contributed by atoms with Crippen LogP contribution in [0.5, 0.6) is 0 Å². The lowest BCUT2D eigenvalue weighted by atomic mass is 10.2. The third-order valence-corrected chi connectivity index (χ3v) is 4.11. The second-order valence-electron chi connectivity index (χ2n) is 5.62. The quantitative estimate of drug-likeness (QED) is 0.394. The van der Waals surface area contributed by atoms with Crippen LogP contribution in [0.3, 0.4) is 0 Å². The number of methoxy groups -OCH3 is 1. The Kier molecular flexibility index (Phi) is 10.2. The van der Waals surface area contributed by atoms with Crippen molar-refractivity contribution < 1.29 is 4.74 Å². The van der Waals surface area contributed by atoms with Gasteiger partial charge in [0.05, 0.1) is 6.61 Å². The van der Waals surface area contributed by atoms with Crippen LogP contribution >= 0.6 is 24.0 Å². The van der Waals surface area contributed by atoms with Gasteiger partial charge in [-0.2, -0.15) is 0 Å². The SMILES string of the molecule is CN=C(NCc1ccccc1)NCC1CCCN1CCOC.I. The molecule has 1 saturated heterocycles. The molecule has 5 nitrogen and oxygen atoms in total. The van der Waals surface area contributed by atoms with Crippen molar-refractivity contribution in [1.82, 2.24) is 15.5 Å². The van der Waals surface area contributed by atoms with Crippen molar-refractivity contribution in [3.8, 4) is 0 Å². The Morgan fingerprint density at radius 3 is 2.78 bits per heavy atom. The first-order valence-corrected chi connectivity index (χ1v) is 8.05. The fourth-order valence-corrected chi connectivity index (χ4v) is 2.85. The maximum Gasteiger partial charge on any atom is 0.191 e. The van der Waals surface area contributed by atoms with E-state index in [2.05, 4.69) is 44.8 Å². The van der Waals surface area contributed by atoms with Crippen LogP contribution in [0.15, 0.2) is 35.3 Å². The molecule has 1 aliphatic heterocycles. The number of hydrogen-bond donors (Lipinski definition) is 2. The van der Waals surface area contributed by atoms with Crippen LogP contribution in [-0.4, -0.2) is 57.3 Å². The molecule has 1 heterocycles. The van der Waals surface area contributed by atoms with Crippen molar-refractivity contribution in [1.29, 1.82) is 0 Å². The van der Waals surface area contributed by atoms with E-state index in [0.717, 1.165) is 32.2 Å². The first kappa shape index (κ1) is 20.2. The van der Waals surface area contributed by atoms with Gasteiger partial charge in [-0.15, -0.1) is 24.0 Å². The van der Waals surface area contributed by atoms with Gasteiger partial charge in [-0.25, -0.2) is 0 Å². The van der Waals surface area contributed by atoms with E-state index in [-0.39, 0.29) is 24.0 Å². The Morgan fingerprint density at radius 2 is 2.09 bits per heavy atom. The number of likely N-dealkylation sites (tertiary alicyclic amines) is 1. The molecule has 0 spiro atoms. The molecule has 2 N–H and O–H groups in total. The Bertz CT molecular complexity index is 455. The van der Waals surface area contributed by atoms with Gasteiger partial charge in [-0.05, 0) is 24.9 Å². The molecule has 1 fully saturated rings. The van der Waals surface area contributed by atoms with Crippen LogP contribution in [-0.2, 0) is 11.3 Å². The molecular weight excluding hydrogens is 403 g/mol. The number of halogens is 1. The van der Waals surface area contributed by atoms with Crippen molar-refractivity contribution in [3.63, 3.8) is 0 Å². The smallest absolute Gasteiger partial charge is 0.191 e. The minimum atomic E-state index is 0. The van der Waals surface area contributed by atoms with Gasteiger partial charge >= 0.3 is 0 Å². The number of ether oxygens (including phenoxy) is 1. The normalized spacial score (nSPS) is 18.5. The minimum Gasteiger partial charge on any atom is -0.383 e. The van der Waals surface area contributed by atoms with E-state index in [4.69, 9.17) is 4.74 Å². The minimum absolute atomic E-state index is 0. The van der Waals surface area contributed by atoms with Gasteiger partial charge in [0.2, 0.25) is 0 Å². The summed E-state index contributed by atoms with van der Waals surface area (Å²) in [5.41, 5.74) is 1.26. The van der Waals surface area contributed by atoms with E-state index in [1.165, 1.54) is 24.9 Å². The van der Waals surface area contributed by atoms with E-state index in [0.29, 0.717) is 6.04 Å². The number of nitrogens with one attached hydrogen (secondary N) is 2. The number of nitrogens with zero attached hydrogens (tertiary/aromatic N) is 2. The Labute approximate surface area is 156 Å². The average Bonchev–Trinajstić information content (AvgIpc) is 3.01. The molecule has 130 valence electrons. The Morgan fingerprint density at radius 1 is 1.30 bits per heavy atom. The highest BCUT2D eigenvalue weighted by Gasteiger charge is 2.23. The lowest BCUT2D eigenvalue weighted by molar-refractivity contribution is 0.141. The molecule has 1 unspecified atom stereocenters. The van der Waals surface area contributed by atoms with Gasteiger partial charge in [-0.3, -0.25) is 9.89 Å². The van der Waals surface area contributed by atoms with Crippen molar-refractivity contribution in [3.05, 3.63) is 35.9 Å². The highest BCUT2D eigenvalue weighted by Crippen LogP contribution is 2.15. The standard InChI is InChI=1S/C17H28N4O.HI/c1-18-17(19-13-15-7-4-3-5-8-15)20-14-16-9-6-10-21(16)11-12-22-2;/h3-5,7-8,16H,6,9-14H2,1-2H3,(H2,18,19,20);1H. The maximum atomic E-state index is 5.19. The average molecular weight is 432 g/mol. The van der Waals surface area contributed by atoms with Gasteiger partial charge in [0.15, 0.2) is 5.96 Å². The van der Waals surface area contributed by atoms with Crippen molar-refractivity contribution in [2.75, 3.05) is 40.4 Å². The molecule has 1 aromatic rings. The number of rotatable bonds is 7. The summed E-state index contributed by atoms with van der Waals surface area (Å²) in [4.78, 5) is 6.80. The fourth-order valence-electron chi connectivity index (χ4n) is 2.85. The number of benzene rings is 1. The summed E-state index contributed by atoms with van der Waals surface area (Å²) in [6, 6.07) is 10.9. The molecule has 23 heavy (non-hydrogen) atoms. The summed E-state index contributed by atoms with van der Waals surface area (Å²) in [7, 11) is 3.58. The zero-order chi connectivity index (χ0) is 15.6. The van der Waals surface area contributed by atoms with E-state index in [1.807, 2.05) is 13.1 Å². The Balaban J connectivity index is 0.00000264. The molecule has 1 aliphatic rings. The predicted molar refractivity (Wildman–Crippen MR) is 107 cm³/mol. The molecule has 0 amide bonds. The zero-order valence-electron chi connectivity index (χ0n) is 14.1. The van der Waals surface area contributed by atoms with E-state index in [1.54, 1.807) is 7.11 Å². The lowest BCUT2D eigenvalue weighted by Gasteiger charge is -2.25. The highest BCUT2D eigenvalue weighted by molar-refractivity contribution is 14.0. The van der Waals surface area contributed by atoms with Gasteiger partial charge in [0, 0.05) is 39.8 Å². The number of hydrogen-bond acceptors (Lipinski definition) is 3. The monoisotopic (exact) mass is 432 g/mol. The molecule has 0 aromatic heterocycles. The summed E-state index contributed by atoms with van der Waals surface area (Å²) in [6.45, 7) is 4.71. The van der Waals surface area contributed by atoms with Crippen LogP contribution in [0.4, 0.5) is 0 Å². The second-order valence-corrected chi connectivity index (χ2v) is 5.62. The maximum absolute atomic E-state index is 5.19. The highest BCUT2D eigenvalue weighted by atomic mass is 127. The van der Waals surface area contributed by atoms with Crippen molar-refractivity contribution in [2.45, 2.75) is 25.4 Å². The molecule has 0 radical (unpaired) electrons. The summed E-state index contributed by atoms with van der Waals surface area (Å²) in [5.74, 6) is 0.863. The summed E-state index contributed by atoms with van der Waals surface area (Å²) in [6.07, 6.45) is 2.51. The van der Waals surface area contributed by atoms with Crippen LogP contribution < -0.4 is 10.6 Å². The fraction of sp³-hybridized carbons (Fsp3) is 0.588. The topological polar surface area (TPSA) is 48.9 Å². The van der Waals surface area contributed by atoms with Crippen LogP contribution in [0.1, 0.15) is 18.4 Å². The van der Waals surface area contributed by atoms with Gasteiger partial charge in [-0.1, -0.05) is 30.3 Å². The molecular formula is C17H29IN4O. The summed E-state index contributed by atoms with van der Waals surface area (Å²) >= 11 is 0. The van der Waals surface area contributed by atoms with Crippen LogP contribution in [0.2, 0.25) is 0 Å². The molecule has 1 atom stereocenters. The van der Waals surface area contributed by atoms with Crippen molar-refractivity contribution in [2.24, 2.45) is 4.99 Å². The number of aliphatic imine (C=N–C) groups is 1. The first-order chi connectivity index (χ1) is 10.8.